The van der Waals surface area contributed by atoms with Crippen molar-refractivity contribution in [1.82, 2.24) is 4.90 Å². The maximum atomic E-state index is 6.01. The van der Waals surface area contributed by atoms with Crippen LogP contribution in [0.15, 0.2) is 4.99 Å². The van der Waals surface area contributed by atoms with E-state index in [0.29, 0.717) is 11.5 Å². The van der Waals surface area contributed by atoms with Gasteiger partial charge in [-0.3, -0.25) is 4.99 Å². The van der Waals surface area contributed by atoms with Gasteiger partial charge < -0.3 is 10.6 Å². The molecule has 1 aliphatic carbocycles. The summed E-state index contributed by atoms with van der Waals surface area (Å²) < 4.78 is 0. The van der Waals surface area contributed by atoms with Crippen molar-refractivity contribution in [2.75, 3.05) is 13.1 Å². The molecule has 0 aromatic heterocycles. The quantitative estimate of drug-likeness (QED) is 0.755. The number of aliphatic imine (C=N–C) groups is 1. The molecule has 1 saturated carbocycles. The van der Waals surface area contributed by atoms with E-state index in [1.54, 1.807) is 0 Å². The summed E-state index contributed by atoms with van der Waals surface area (Å²) in [5, 5.41) is 0. The van der Waals surface area contributed by atoms with E-state index in [9.17, 15) is 0 Å². The summed E-state index contributed by atoms with van der Waals surface area (Å²) in [5.41, 5.74) is 6.31. The minimum Gasteiger partial charge on any atom is -0.370 e. The molecule has 1 heterocycles. The summed E-state index contributed by atoms with van der Waals surface area (Å²) >= 11 is 0. The lowest BCUT2D eigenvalue weighted by atomic mass is 9.80. The molecule has 0 amide bonds. The number of rotatable bonds is 2. The summed E-state index contributed by atoms with van der Waals surface area (Å²) in [4.78, 5) is 6.85. The molecule has 0 radical (unpaired) electrons. The Bertz CT molecular complexity index is 252. The molecule has 0 atom stereocenters. The van der Waals surface area contributed by atoms with Crippen molar-refractivity contribution in [3.63, 3.8) is 0 Å². The molecule has 2 N–H and O–H groups in total. The molecule has 0 aromatic rings. The molecule has 3 nitrogen and oxygen atoms in total. The summed E-state index contributed by atoms with van der Waals surface area (Å²) in [6.07, 6.45) is 6.64. The zero-order chi connectivity index (χ0) is 10.9. The van der Waals surface area contributed by atoms with Crippen LogP contribution < -0.4 is 5.73 Å². The summed E-state index contributed by atoms with van der Waals surface area (Å²) in [6.45, 7) is 6.51. The van der Waals surface area contributed by atoms with Crippen LogP contribution >= 0.6 is 0 Å². The lowest BCUT2D eigenvalue weighted by Gasteiger charge is -2.42. The SMILES string of the molecule is CC(C)CN1C(N)=NCC12CCCCC2. The molecular weight excluding hydrogens is 186 g/mol. The zero-order valence-electron chi connectivity index (χ0n) is 10.00. The van der Waals surface area contributed by atoms with Gasteiger partial charge in [0.1, 0.15) is 0 Å². The Morgan fingerprint density at radius 1 is 1.33 bits per heavy atom. The van der Waals surface area contributed by atoms with Gasteiger partial charge in [0.2, 0.25) is 0 Å². The van der Waals surface area contributed by atoms with E-state index in [2.05, 4.69) is 23.7 Å². The van der Waals surface area contributed by atoms with Crippen LogP contribution in [0.5, 0.6) is 0 Å². The first-order chi connectivity index (χ1) is 7.14. The smallest absolute Gasteiger partial charge is 0.191 e. The van der Waals surface area contributed by atoms with Gasteiger partial charge in [0.15, 0.2) is 5.96 Å². The summed E-state index contributed by atoms with van der Waals surface area (Å²) in [7, 11) is 0. The Labute approximate surface area is 92.7 Å². The predicted octanol–water partition coefficient (Wildman–Crippen LogP) is 1.98. The minimum absolute atomic E-state index is 0.298. The fourth-order valence-electron chi connectivity index (χ4n) is 2.93. The molecule has 1 aliphatic heterocycles. The van der Waals surface area contributed by atoms with Crippen LogP contribution in [0.3, 0.4) is 0 Å². The van der Waals surface area contributed by atoms with Crippen LogP contribution in [0, 0.1) is 5.92 Å². The van der Waals surface area contributed by atoms with Crippen molar-refractivity contribution in [3.05, 3.63) is 0 Å². The fourth-order valence-corrected chi connectivity index (χ4v) is 2.93. The molecule has 0 bridgehead atoms. The maximum absolute atomic E-state index is 6.01. The predicted molar refractivity (Wildman–Crippen MR) is 63.8 cm³/mol. The van der Waals surface area contributed by atoms with E-state index >= 15 is 0 Å². The van der Waals surface area contributed by atoms with E-state index in [0.717, 1.165) is 19.0 Å². The van der Waals surface area contributed by atoms with Crippen molar-refractivity contribution in [2.24, 2.45) is 16.6 Å². The van der Waals surface area contributed by atoms with Crippen molar-refractivity contribution in [3.8, 4) is 0 Å². The highest BCUT2D eigenvalue weighted by molar-refractivity contribution is 5.81. The number of hydrogen-bond acceptors (Lipinski definition) is 3. The van der Waals surface area contributed by atoms with Gasteiger partial charge >= 0.3 is 0 Å². The van der Waals surface area contributed by atoms with E-state index in [-0.39, 0.29) is 0 Å². The van der Waals surface area contributed by atoms with Gasteiger partial charge in [-0.1, -0.05) is 33.1 Å². The van der Waals surface area contributed by atoms with Gasteiger partial charge in [-0.2, -0.15) is 0 Å². The third-order valence-corrected chi connectivity index (χ3v) is 3.72. The van der Waals surface area contributed by atoms with E-state index in [1.807, 2.05) is 0 Å². The van der Waals surface area contributed by atoms with Crippen LogP contribution in [0.1, 0.15) is 46.0 Å². The Balaban J connectivity index is 2.11. The van der Waals surface area contributed by atoms with Crippen molar-refractivity contribution in [1.29, 1.82) is 0 Å². The van der Waals surface area contributed by atoms with Crippen molar-refractivity contribution < 1.29 is 0 Å². The largest absolute Gasteiger partial charge is 0.370 e. The molecule has 0 unspecified atom stereocenters. The highest BCUT2D eigenvalue weighted by Crippen LogP contribution is 2.37. The molecule has 0 aromatic carbocycles. The Kier molecular flexibility index (Phi) is 2.89. The van der Waals surface area contributed by atoms with Gasteiger partial charge in [-0.15, -0.1) is 0 Å². The third-order valence-electron chi connectivity index (χ3n) is 3.72. The topological polar surface area (TPSA) is 41.6 Å². The van der Waals surface area contributed by atoms with Gasteiger partial charge in [-0.25, -0.2) is 0 Å². The summed E-state index contributed by atoms with van der Waals surface area (Å²) in [5.74, 6) is 1.45. The Morgan fingerprint density at radius 2 is 2.00 bits per heavy atom. The zero-order valence-corrected chi connectivity index (χ0v) is 10.00. The number of nitrogens with two attached hydrogens (primary N) is 1. The normalized spacial score (nSPS) is 25.0. The van der Waals surface area contributed by atoms with Gasteiger partial charge in [0.05, 0.1) is 12.1 Å². The molecular formula is C12H23N3. The average molecular weight is 209 g/mol. The van der Waals surface area contributed by atoms with Crippen molar-refractivity contribution >= 4 is 5.96 Å². The van der Waals surface area contributed by atoms with E-state index < -0.39 is 0 Å². The van der Waals surface area contributed by atoms with Crippen LogP contribution in [0.25, 0.3) is 0 Å². The Hall–Kier alpha value is -0.730. The molecule has 15 heavy (non-hydrogen) atoms. The highest BCUT2D eigenvalue weighted by Gasteiger charge is 2.42. The molecule has 2 rings (SSSR count). The van der Waals surface area contributed by atoms with Crippen LogP contribution in [-0.2, 0) is 0 Å². The van der Waals surface area contributed by atoms with Gasteiger partial charge in [0, 0.05) is 6.54 Å². The van der Waals surface area contributed by atoms with Gasteiger partial charge in [-0.05, 0) is 18.8 Å². The standard InChI is InChI=1S/C12H23N3/c1-10(2)8-15-11(13)14-9-12(15)6-4-3-5-7-12/h10H,3-9H2,1-2H3,(H2,13,14). The number of hydrogen-bond donors (Lipinski definition) is 1. The Morgan fingerprint density at radius 3 is 2.60 bits per heavy atom. The molecule has 1 spiro atoms. The number of nitrogens with zero attached hydrogens (tertiary/aromatic N) is 2. The summed E-state index contributed by atoms with van der Waals surface area (Å²) in [6, 6.07) is 0. The lowest BCUT2D eigenvalue weighted by Crippen LogP contribution is -2.53. The highest BCUT2D eigenvalue weighted by atomic mass is 15.4. The maximum Gasteiger partial charge on any atom is 0.191 e. The second kappa shape index (κ2) is 4.03. The number of guanidine groups is 1. The van der Waals surface area contributed by atoms with Crippen LogP contribution in [0.2, 0.25) is 0 Å². The second-order valence-electron chi connectivity index (χ2n) is 5.46. The lowest BCUT2D eigenvalue weighted by molar-refractivity contribution is 0.130. The van der Waals surface area contributed by atoms with Crippen LogP contribution in [-0.4, -0.2) is 29.5 Å². The average Bonchev–Trinajstić information content (AvgIpc) is 2.48. The fraction of sp³-hybridized carbons (Fsp3) is 0.917. The molecule has 2 aliphatic rings. The van der Waals surface area contributed by atoms with E-state index in [4.69, 9.17) is 5.73 Å². The molecule has 86 valence electrons. The first-order valence-electron chi connectivity index (χ1n) is 6.22. The van der Waals surface area contributed by atoms with Gasteiger partial charge in [0.25, 0.3) is 0 Å². The molecule has 0 saturated heterocycles. The van der Waals surface area contributed by atoms with Crippen LogP contribution in [0.4, 0.5) is 0 Å². The third kappa shape index (κ3) is 1.97. The van der Waals surface area contributed by atoms with Crippen molar-refractivity contribution in [2.45, 2.75) is 51.5 Å². The minimum atomic E-state index is 0.298. The van der Waals surface area contributed by atoms with E-state index in [1.165, 1.54) is 32.1 Å². The molecule has 1 fully saturated rings. The first kappa shape index (κ1) is 10.8. The monoisotopic (exact) mass is 209 g/mol. The first-order valence-corrected chi connectivity index (χ1v) is 6.22. The second-order valence-corrected chi connectivity index (χ2v) is 5.46. The molecule has 3 heteroatoms.